The van der Waals surface area contributed by atoms with Crippen LogP contribution in [-0.2, 0) is 9.59 Å². The predicted molar refractivity (Wildman–Crippen MR) is 72.6 cm³/mol. The van der Waals surface area contributed by atoms with Gasteiger partial charge in [0.1, 0.15) is 6.04 Å². The van der Waals surface area contributed by atoms with Gasteiger partial charge in [0.25, 0.3) is 0 Å². The maximum absolute atomic E-state index is 12.1. The van der Waals surface area contributed by atoms with Crippen molar-refractivity contribution in [1.29, 1.82) is 0 Å². The summed E-state index contributed by atoms with van der Waals surface area (Å²) in [5, 5.41) is 11.7. The van der Waals surface area contributed by atoms with Crippen LogP contribution < -0.4 is 11.1 Å². The van der Waals surface area contributed by atoms with Crippen molar-refractivity contribution in [3.63, 3.8) is 0 Å². The topological polar surface area (TPSA) is 92.4 Å². The molecule has 5 nitrogen and oxygen atoms in total. The molecule has 0 spiro atoms. The second kappa shape index (κ2) is 6.99. The third-order valence-corrected chi connectivity index (χ3v) is 4.06. The number of hydrogen-bond donors (Lipinski definition) is 3. The van der Waals surface area contributed by atoms with Gasteiger partial charge in [0, 0.05) is 0 Å². The lowest BCUT2D eigenvalue weighted by Crippen LogP contribution is -2.58. The molecule has 0 heterocycles. The molecular weight excluding hydrogens is 252 g/mol. The monoisotopic (exact) mass is 274 g/mol. The van der Waals surface area contributed by atoms with Crippen LogP contribution in [0.3, 0.4) is 0 Å². The molecule has 1 aliphatic carbocycles. The number of nitrogens with two attached hydrogens (primary N) is 1. The lowest BCUT2D eigenvalue weighted by Gasteiger charge is -2.32. The summed E-state index contributed by atoms with van der Waals surface area (Å²) in [6.45, 7) is 0. The highest BCUT2D eigenvalue weighted by atomic mass is 32.2. The lowest BCUT2D eigenvalue weighted by atomic mass is 9.81. The van der Waals surface area contributed by atoms with Crippen molar-refractivity contribution in [3.8, 4) is 0 Å². The van der Waals surface area contributed by atoms with E-state index in [1.54, 1.807) is 11.8 Å². The largest absolute Gasteiger partial charge is 0.480 e. The number of carboxylic acids is 1. The Balaban J connectivity index is 2.56. The van der Waals surface area contributed by atoms with Crippen LogP contribution in [-0.4, -0.2) is 40.6 Å². The molecule has 1 saturated carbocycles. The number of carbonyl (C=O) groups is 2. The highest BCUT2D eigenvalue weighted by Gasteiger charge is 2.37. The van der Waals surface area contributed by atoms with E-state index in [2.05, 4.69) is 5.32 Å². The Bertz CT molecular complexity index is 304. The zero-order chi connectivity index (χ0) is 13.6. The minimum atomic E-state index is -0.989. The fraction of sp³-hybridized carbons (Fsp3) is 0.833. The van der Waals surface area contributed by atoms with Gasteiger partial charge in [-0.1, -0.05) is 19.3 Å². The normalized spacial score (nSPS) is 20.1. The highest BCUT2D eigenvalue weighted by molar-refractivity contribution is 7.98. The van der Waals surface area contributed by atoms with Crippen LogP contribution in [0.15, 0.2) is 0 Å². The number of aliphatic carboxylic acids is 1. The van der Waals surface area contributed by atoms with Gasteiger partial charge in [0.05, 0.1) is 5.54 Å². The molecule has 0 aromatic carbocycles. The van der Waals surface area contributed by atoms with E-state index in [0.29, 0.717) is 25.0 Å². The van der Waals surface area contributed by atoms with Crippen molar-refractivity contribution in [2.75, 3.05) is 12.0 Å². The Morgan fingerprint density at radius 1 is 1.39 bits per heavy atom. The third kappa shape index (κ3) is 4.17. The molecule has 104 valence electrons. The van der Waals surface area contributed by atoms with E-state index >= 15 is 0 Å². The van der Waals surface area contributed by atoms with Gasteiger partial charge in [-0.25, -0.2) is 4.79 Å². The zero-order valence-electron chi connectivity index (χ0n) is 10.8. The molecule has 4 N–H and O–H groups in total. The van der Waals surface area contributed by atoms with E-state index in [9.17, 15) is 9.59 Å². The summed E-state index contributed by atoms with van der Waals surface area (Å²) < 4.78 is 0. The Hall–Kier alpha value is -0.750. The maximum Gasteiger partial charge on any atom is 0.326 e. The zero-order valence-corrected chi connectivity index (χ0v) is 11.6. The first kappa shape index (κ1) is 15.3. The van der Waals surface area contributed by atoms with E-state index in [4.69, 9.17) is 10.8 Å². The van der Waals surface area contributed by atoms with Crippen LogP contribution in [0.25, 0.3) is 0 Å². The van der Waals surface area contributed by atoms with Crippen molar-refractivity contribution >= 4 is 23.6 Å². The summed E-state index contributed by atoms with van der Waals surface area (Å²) >= 11 is 1.56. The maximum atomic E-state index is 12.1. The van der Waals surface area contributed by atoms with Gasteiger partial charge in [-0.2, -0.15) is 11.8 Å². The molecule has 0 radical (unpaired) electrons. The Kier molecular flexibility index (Phi) is 5.95. The fourth-order valence-electron chi connectivity index (χ4n) is 2.20. The van der Waals surface area contributed by atoms with Gasteiger partial charge in [0.2, 0.25) is 5.91 Å². The van der Waals surface area contributed by atoms with Crippen molar-refractivity contribution < 1.29 is 14.7 Å². The van der Waals surface area contributed by atoms with E-state index in [1.165, 1.54) is 0 Å². The van der Waals surface area contributed by atoms with Gasteiger partial charge >= 0.3 is 5.97 Å². The van der Waals surface area contributed by atoms with E-state index in [-0.39, 0.29) is 5.91 Å². The number of carbonyl (C=O) groups excluding carboxylic acids is 1. The number of thioether (sulfide) groups is 1. The van der Waals surface area contributed by atoms with Crippen molar-refractivity contribution in [2.45, 2.75) is 50.1 Å². The summed E-state index contributed by atoms with van der Waals surface area (Å²) in [4.78, 5) is 23.2. The first-order chi connectivity index (χ1) is 8.49. The number of amides is 1. The first-order valence-corrected chi connectivity index (χ1v) is 7.70. The van der Waals surface area contributed by atoms with Crippen LogP contribution in [0.4, 0.5) is 0 Å². The molecular formula is C12H22N2O3S. The minimum absolute atomic E-state index is 0.310. The molecule has 0 bridgehead atoms. The van der Waals surface area contributed by atoms with Gasteiger partial charge in [-0.15, -0.1) is 0 Å². The SMILES string of the molecule is CSCC[C@H](NC(=O)C1(N)CCCCC1)C(=O)O. The molecule has 0 aromatic heterocycles. The van der Waals surface area contributed by atoms with E-state index in [1.807, 2.05) is 6.26 Å². The van der Waals surface area contributed by atoms with E-state index in [0.717, 1.165) is 19.3 Å². The Morgan fingerprint density at radius 2 is 2.00 bits per heavy atom. The highest BCUT2D eigenvalue weighted by Crippen LogP contribution is 2.26. The van der Waals surface area contributed by atoms with Gasteiger partial charge in [-0.3, -0.25) is 4.79 Å². The summed E-state index contributed by atoms with van der Waals surface area (Å²) in [6.07, 6.45) is 6.60. The van der Waals surface area contributed by atoms with E-state index < -0.39 is 17.6 Å². The quantitative estimate of drug-likeness (QED) is 0.671. The molecule has 1 fully saturated rings. The third-order valence-electron chi connectivity index (χ3n) is 3.41. The summed E-state index contributed by atoms with van der Waals surface area (Å²) in [6, 6.07) is -0.827. The molecule has 0 saturated heterocycles. The van der Waals surface area contributed by atoms with Crippen LogP contribution in [0.2, 0.25) is 0 Å². The van der Waals surface area contributed by atoms with Gasteiger partial charge in [0.15, 0.2) is 0 Å². The Morgan fingerprint density at radius 3 is 2.50 bits per heavy atom. The second-order valence-corrected chi connectivity index (χ2v) is 5.85. The molecule has 0 unspecified atom stereocenters. The van der Waals surface area contributed by atoms with Crippen LogP contribution >= 0.6 is 11.8 Å². The molecule has 1 amide bonds. The standard InChI is InChI=1S/C12H22N2O3S/c1-18-8-5-9(10(15)16)14-11(17)12(13)6-3-2-4-7-12/h9H,2-8,13H2,1H3,(H,14,17)(H,15,16)/t9-/m0/s1. The average Bonchev–Trinajstić information content (AvgIpc) is 2.34. The van der Waals surface area contributed by atoms with Crippen molar-refractivity contribution in [1.82, 2.24) is 5.32 Å². The van der Waals surface area contributed by atoms with Gasteiger partial charge < -0.3 is 16.2 Å². The number of hydrogen-bond acceptors (Lipinski definition) is 4. The lowest BCUT2D eigenvalue weighted by molar-refractivity contribution is -0.143. The molecule has 1 rings (SSSR count). The van der Waals surface area contributed by atoms with Crippen LogP contribution in [0, 0.1) is 0 Å². The van der Waals surface area contributed by atoms with Gasteiger partial charge in [-0.05, 0) is 31.3 Å². The number of carboxylic acid groups (broad SMARTS) is 1. The molecule has 6 heteroatoms. The molecule has 0 aromatic rings. The minimum Gasteiger partial charge on any atom is -0.480 e. The first-order valence-electron chi connectivity index (χ1n) is 6.31. The fourth-order valence-corrected chi connectivity index (χ4v) is 2.68. The van der Waals surface area contributed by atoms with Crippen molar-refractivity contribution in [2.24, 2.45) is 5.73 Å². The molecule has 18 heavy (non-hydrogen) atoms. The van der Waals surface area contributed by atoms with Crippen molar-refractivity contribution in [3.05, 3.63) is 0 Å². The predicted octanol–water partition coefficient (Wildman–Crippen LogP) is 0.970. The van der Waals surface area contributed by atoms with Crippen LogP contribution in [0.5, 0.6) is 0 Å². The molecule has 1 atom stereocenters. The smallest absolute Gasteiger partial charge is 0.326 e. The molecule has 0 aliphatic heterocycles. The van der Waals surface area contributed by atoms with Crippen LogP contribution in [0.1, 0.15) is 38.5 Å². The second-order valence-electron chi connectivity index (χ2n) is 4.86. The summed E-state index contributed by atoms with van der Waals surface area (Å²) in [5.41, 5.74) is 5.20. The number of rotatable bonds is 6. The Labute approximate surface area is 112 Å². The average molecular weight is 274 g/mol. The molecule has 1 aliphatic rings. The summed E-state index contributed by atoms with van der Waals surface area (Å²) in [5.74, 6) is -0.595. The summed E-state index contributed by atoms with van der Waals surface area (Å²) in [7, 11) is 0. The number of nitrogens with one attached hydrogen (secondary N) is 1.